The number of pyridine rings is 1. The average Bonchev–Trinajstić information content (AvgIpc) is 3.15. The number of nitrogens with zero attached hydrogens (tertiary/aromatic N) is 1. The Morgan fingerprint density at radius 3 is 0.745 bits per heavy atom. The maximum atomic E-state index is 2.40. The minimum atomic E-state index is 1.19. The van der Waals surface area contributed by atoms with E-state index in [9.17, 15) is 0 Å². The quantitative estimate of drug-likeness (QED) is 0.0469. The van der Waals surface area contributed by atoms with E-state index in [1.165, 1.54) is 282 Å². The summed E-state index contributed by atoms with van der Waals surface area (Å²) in [4.78, 5) is 0. The minimum Gasteiger partial charge on any atom is -0.205 e. The van der Waals surface area contributed by atoms with Crippen LogP contribution < -0.4 is 4.57 Å². The Balaban J connectivity index is 1.71. The fourth-order valence-corrected chi connectivity index (χ4v) is 8.11. The summed E-state index contributed by atoms with van der Waals surface area (Å²) >= 11 is 0. The second-order valence-corrected chi connectivity index (χ2v) is 17.0. The van der Waals surface area contributed by atoms with Crippen molar-refractivity contribution in [1.29, 1.82) is 0 Å². The highest BCUT2D eigenvalue weighted by Crippen LogP contribution is 2.17. The third-order valence-electron chi connectivity index (χ3n) is 11.8. The zero-order valence-electron chi connectivity index (χ0n) is 35.7. The molecule has 0 unspecified atom stereocenters. The van der Waals surface area contributed by atoms with Crippen LogP contribution in [0.3, 0.4) is 0 Å². The van der Waals surface area contributed by atoms with Crippen LogP contribution in [0.15, 0.2) is 24.5 Å². The summed E-state index contributed by atoms with van der Waals surface area (Å²) in [6, 6.07) is 4.75. The Morgan fingerprint density at radius 1 is 0.275 bits per heavy atom. The highest BCUT2D eigenvalue weighted by atomic mass is 14.9. The molecule has 0 spiro atoms. The number of rotatable bonds is 43. The molecule has 0 aromatic carbocycles. The Hall–Kier alpha value is -0.850. The van der Waals surface area contributed by atoms with Gasteiger partial charge in [0, 0.05) is 18.6 Å². The summed E-state index contributed by atoms with van der Waals surface area (Å²) in [6.45, 7) is 5.81. The summed E-state index contributed by atoms with van der Waals surface area (Å²) in [5.74, 6) is 0. The molecule has 300 valence electrons. The van der Waals surface area contributed by atoms with Crippen molar-refractivity contribution >= 4 is 0 Å². The molecule has 0 N–H and O–H groups in total. The van der Waals surface area contributed by atoms with Crippen molar-refractivity contribution in [3.05, 3.63) is 30.1 Å². The lowest BCUT2D eigenvalue weighted by Crippen LogP contribution is -2.32. The van der Waals surface area contributed by atoms with E-state index in [2.05, 4.69) is 42.9 Å². The van der Waals surface area contributed by atoms with Gasteiger partial charge in [0.05, 0.1) is 0 Å². The van der Waals surface area contributed by atoms with Gasteiger partial charge in [-0.15, -0.1) is 0 Å². The summed E-state index contributed by atoms with van der Waals surface area (Å²) in [6.07, 6.45) is 65.7. The van der Waals surface area contributed by atoms with Crippen LogP contribution in [0.1, 0.15) is 283 Å². The minimum absolute atomic E-state index is 1.19. The fourth-order valence-electron chi connectivity index (χ4n) is 8.11. The van der Waals surface area contributed by atoms with Crippen LogP contribution >= 0.6 is 0 Å². The van der Waals surface area contributed by atoms with Gasteiger partial charge < -0.3 is 0 Å². The Labute approximate surface area is 323 Å². The van der Waals surface area contributed by atoms with Crippen LogP contribution in [-0.4, -0.2) is 0 Å². The molecule has 1 rings (SSSR count). The van der Waals surface area contributed by atoms with E-state index in [1.54, 1.807) is 0 Å². The highest BCUT2D eigenvalue weighted by molar-refractivity contribution is 5.07. The molecule has 0 fully saturated rings. The highest BCUT2D eigenvalue weighted by Gasteiger charge is 2.02. The molecule has 1 heteroatoms. The van der Waals surface area contributed by atoms with Gasteiger partial charge in [0.25, 0.3) is 0 Å². The number of aryl methyl sites for hydroxylation is 2. The van der Waals surface area contributed by atoms with Crippen molar-refractivity contribution in [2.45, 2.75) is 290 Å². The first-order chi connectivity index (χ1) is 25.4. The molecule has 1 aromatic heterocycles. The zero-order valence-corrected chi connectivity index (χ0v) is 35.7. The molecule has 0 saturated heterocycles. The lowest BCUT2D eigenvalue weighted by molar-refractivity contribution is -0.697. The van der Waals surface area contributed by atoms with Crippen molar-refractivity contribution in [1.82, 2.24) is 0 Å². The van der Waals surface area contributed by atoms with Gasteiger partial charge in [0.2, 0.25) is 0 Å². The van der Waals surface area contributed by atoms with Gasteiger partial charge in [-0.1, -0.05) is 258 Å². The van der Waals surface area contributed by atoms with Crippen molar-refractivity contribution in [3.8, 4) is 0 Å². The first kappa shape index (κ1) is 48.2. The molecule has 1 aromatic rings. The second kappa shape index (κ2) is 41.9. The van der Waals surface area contributed by atoms with Crippen molar-refractivity contribution in [2.24, 2.45) is 0 Å². The van der Waals surface area contributed by atoms with E-state index in [-0.39, 0.29) is 0 Å². The monoisotopic (exact) mass is 711 g/mol. The Morgan fingerprint density at radius 2 is 0.490 bits per heavy atom. The van der Waals surface area contributed by atoms with E-state index >= 15 is 0 Å². The SMILES string of the molecule is CCCCCCCCCCCCCCCCCCCCCCCCCCCCCCCCCc1cc[n+](CCCCCCCCCCCC)cc1. The Bertz CT molecular complexity index is 753. The maximum Gasteiger partial charge on any atom is 0.169 e. The Kier molecular flexibility index (Phi) is 39.6. The molecule has 0 amide bonds. The van der Waals surface area contributed by atoms with Gasteiger partial charge in [0.15, 0.2) is 12.4 Å². The standard InChI is InChI=1S/C50H96N/c1-3-5-7-9-11-13-15-16-17-18-19-20-21-22-23-24-25-26-27-28-29-30-31-32-33-34-35-36-38-40-42-44-50-45-48-51(49-46-50)47-43-41-39-37-14-12-10-8-6-4-2/h45-46,48-49H,3-44,47H2,1-2H3/q+1. The summed E-state index contributed by atoms with van der Waals surface area (Å²) in [5, 5.41) is 0. The molecular weight excluding hydrogens is 615 g/mol. The molecule has 0 aliphatic rings. The molecule has 0 aliphatic carbocycles. The first-order valence-electron chi connectivity index (χ1n) is 24.3. The largest absolute Gasteiger partial charge is 0.205 e. The topological polar surface area (TPSA) is 3.88 Å². The van der Waals surface area contributed by atoms with Gasteiger partial charge in [-0.3, -0.25) is 0 Å². The third-order valence-corrected chi connectivity index (χ3v) is 11.8. The van der Waals surface area contributed by atoms with Gasteiger partial charge in [0.1, 0.15) is 6.54 Å². The summed E-state index contributed by atoms with van der Waals surface area (Å²) in [5.41, 5.74) is 1.53. The van der Waals surface area contributed by atoms with Gasteiger partial charge in [-0.2, -0.15) is 0 Å². The fraction of sp³-hybridized carbons (Fsp3) is 0.900. The molecular formula is C50H96N+. The lowest BCUT2D eigenvalue weighted by atomic mass is 10.0. The van der Waals surface area contributed by atoms with E-state index in [4.69, 9.17) is 0 Å². The van der Waals surface area contributed by atoms with Crippen LogP contribution in [0.25, 0.3) is 0 Å². The van der Waals surface area contributed by atoms with E-state index in [1.807, 2.05) is 0 Å². The first-order valence-corrected chi connectivity index (χ1v) is 24.3. The van der Waals surface area contributed by atoms with Crippen molar-refractivity contribution < 1.29 is 4.57 Å². The number of unbranched alkanes of at least 4 members (excludes halogenated alkanes) is 39. The van der Waals surface area contributed by atoms with Crippen LogP contribution in [0, 0.1) is 0 Å². The van der Waals surface area contributed by atoms with Gasteiger partial charge in [-0.05, 0) is 24.8 Å². The zero-order chi connectivity index (χ0) is 36.4. The van der Waals surface area contributed by atoms with Crippen molar-refractivity contribution in [2.75, 3.05) is 0 Å². The third kappa shape index (κ3) is 37.3. The van der Waals surface area contributed by atoms with Crippen LogP contribution in [0.2, 0.25) is 0 Å². The molecule has 51 heavy (non-hydrogen) atoms. The molecule has 0 saturated carbocycles. The predicted molar refractivity (Wildman–Crippen MR) is 231 cm³/mol. The lowest BCUT2D eigenvalue weighted by Gasteiger charge is -2.05. The van der Waals surface area contributed by atoms with Crippen LogP contribution in [-0.2, 0) is 13.0 Å². The normalized spacial score (nSPS) is 11.6. The van der Waals surface area contributed by atoms with Crippen molar-refractivity contribution in [3.63, 3.8) is 0 Å². The molecule has 0 atom stereocenters. The number of hydrogen-bond donors (Lipinski definition) is 0. The second-order valence-electron chi connectivity index (χ2n) is 17.0. The molecule has 1 nitrogen and oxygen atoms in total. The van der Waals surface area contributed by atoms with E-state index in [0.29, 0.717) is 0 Å². The van der Waals surface area contributed by atoms with E-state index < -0.39 is 0 Å². The van der Waals surface area contributed by atoms with Gasteiger partial charge in [-0.25, -0.2) is 4.57 Å². The van der Waals surface area contributed by atoms with Gasteiger partial charge >= 0.3 is 0 Å². The number of aromatic nitrogens is 1. The molecule has 1 heterocycles. The van der Waals surface area contributed by atoms with E-state index in [0.717, 1.165) is 0 Å². The smallest absolute Gasteiger partial charge is 0.169 e. The number of hydrogen-bond acceptors (Lipinski definition) is 0. The maximum absolute atomic E-state index is 2.40. The molecule has 0 aliphatic heterocycles. The summed E-state index contributed by atoms with van der Waals surface area (Å²) < 4.78 is 2.40. The molecule has 0 bridgehead atoms. The average molecular weight is 711 g/mol. The molecule has 0 radical (unpaired) electrons. The predicted octanol–water partition coefficient (Wildman–Crippen LogP) is 17.6. The summed E-state index contributed by atoms with van der Waals surface area (Å²) in [7, 11) is 0. The van der Waals surface area contributed by atoms with Crippen LogP contribution in [0.4, 0.5) is 0 Å². The van der Waals surface area contributed by atoms with Crippen LogP contribution in [0.5, 0.6) is 0 Å².